The van der Waals surface area contributed by atoms with Gasteiger partial charge in [0.25, 0.3) is 5.91 Å². The van der Waals surface area contributed by atoms with Crippen molar-refractivity contribution in [2.45, 2.75) is 25.0 Å². The van der Waals surface area contributed by atoms with Crippen LogP contribution in [-0.4, -0.2) is 46.4 Å². The second-order valence-electron chi connectivity index (χ2n) is 7.19. The van der Waals surface area contributed by atoms with E-state index >= 15 is 0 Å². The van der Waals surface area contributed by atoms with E-state index in [4.69, 9.17) is 10.5 Å². The number of carbonyl (C=O) groups is 1. The van der Waals surface area contributed by atoms with Gasteiger partial charge in [-0.1, -0.05) is 18.7 Å². The molecule has 0 unspecified atom stereocenters. The maximum Gasteiger partial charge on any atom is 0.275 e. The summed E-state index contributed by atoms with van der Waals surface area (Å²) in [5.41, 5.74) is 5.75. The van der Waals surface area contributed by atoms with Gasteiger partial charge in [-0.3, -0.25) is 4.79 Å². The summed E-state index contributed by atoms with van der Waals surface area (Å²) in [6, 6.07) is 4.30. The SMILES string of the molecule is CC[C@@H]1OC[C@@]2(c3cc(NC(=O)c4cnc(OCF)cn4)ccc3F)N=C(N)SC[C@H]12. The van der Waals surface area contributed by atoms with E-state index in [2.05, 4.69) is 25.0 Å². The van der Waals surface area contributed by atoms with E-state index in [9.17, 15) is 13.6 Å². The minimum absolute atomic E-state index is 0.000277. The van der Waals surface area contributed by atoms with Gasteiger partial charge in [0.05, 0.1) is 25.1 Å². The van der Waals surface area contributed by atoms with Gasteiger partial charge in [-0.15, -0.1) is 0 Å². The van der Waals surface area contributed by atoms with Crippen molar-refractivity contribution in [1.82, 2.24) is 9.97 Å². The van der Waals surface area contributed by atoms with Crippen LogP contribution in [0.3, 0.4) is 0 Å². The number of aromatic nitrogens is 2. The third-order valence-corrected chi connectivity index (χ3v) is 6.37. The van der Waals surface area contributed by atoms with Gasteiger partial charge in [0.2, 0.25) is 12.7 Å². The van der Waals surface area contributed by atoms with Crippen molar-refractivity contribution in [3.63, 3.8) is 0 Å². The van der Waals surface area contributed by atoms with Crippen LogP contribution in [0.5, 0.6) is 5.88 Å². The molecule has 1 aromatic carbocycles. The molecule has 2 aromatic rings. The molecule has 0 bridgehead atoms. The van der Waals surface area contributed by atoms with Crippen LogP contribution in [0.4, 0.5) is 14.5 Å². The standard InChI is InChI=1S/C20H21F2N5O3S/c1-2-16-13-8-31-19(23)27-20(13,9-29-16)12-5-11(3-4-14(12)22)26-18(28)15-6-25-17(7-24-15)30-10-21/h3-7,13,16H,2,8-10H2,1H3,(H2,23,27)(H,26,28)/t13-,16+,20+/m1/s1. The molecule has 0 aliphatic carbocycles. The molecule has 1 aromatic heterocycles. The number of alkyl halides is 1. The Morgan fingerprint density at radius 1 is 1.42 bits per heavy atom. The largest absolute Gasteiger partial charge is 0.445 e. The smallest absolute Gasteiger partial charge is 0.275 e. The van der Waals surface area contributed by atoms with Gasteiger partial charge in [-0.25, -0.2) is 23.7 Å². The minimum Gasteiger partial charge on any atom is -0.445 e. The Morgan fingerprint density at radius 3 is 2.97 bits per heavy atom. The van der Waals surface area contributed by atoms with Crippen LogP contribution < -0.4 is 15.8 Å². The molecule has 3 atom stereocenters. The maximum atomic E-state index is 15.0. The van der Waals surface area contributed by atoms with Crippen LogP contribution in [0, 0.1) is 11.7 Å². The lowest BCUT2D eigenvalue weighted by atomic mass is 9.78. The molecular weight excluding hydrogens is 428 g/mol. The quantitative estimate of drug-likeness (QED) is 0.697. The molecule has 11 heteroatoms. The lowest BCUT2D eigenvalue weighted by Crippen LogP contribution is -2.42. The monoisotopic (exact) mass is 449 g/mol. The number of carbonyl (C=O) groups excluding carboxylic acids is 1. The van der Waals surface area contributed by atoms with Crippen LogP contribution >= 0.6 is 11.8 Å². The van der Waals surface area contributed by atoms with E-state index in [0.717, 1.165) is 12.6 Å². The fourth-order valence-electron chi connectivity index (χ4n) is 3.96. The summed E-state index contributed by atoms with van der Waals surface area (Å²) in [5, 5.41) is 3.07. The molecule has 1 amide bonds. The van der Waals surface area contributed by atoms with Crippen molar-refractivity contribution in [1.29, 1.82) is 0 Å². The molecule has 3 heterocycles. The van der Waals surface area contributed by atoms with Crippen molar-refractivity contribution in [3.05, 3.63) is 47.7 Å². The van der Waals surface area contributed by atoms with Crippen LogP contribution in [0.2, 0.25) is 0 Å². The first-order valence-corrected chi connectivity index (χ1v) is 10.7. The van der Waals surface area contributed by atoms with E-state index in [1.165, 1.54) is 30.1 Å². The summed E-state index contributed by atoms with van der Waals surface area (Å²) in [5.74, 6) is -0.399. The van der Waals surface area contributed by atoms with Crippen molar-refractivity contribution in [2.24, 2.45) is 16.6 Å². The highest BCUT2D eigenvalue weighted by Gasteiger charge is 2.53. The molecule has 8 nitrogen and oxygen atoms in total. The van der Waals surface area contributed by atoms with Crippen LogP contribution in [0.1, 0.15) is 29.4 Å². The molecule has 0 spiro atoms. The number of ether oxygens (including phenoxy) is 2. The Bertz CT molecular complexity index is 1010. The zero-order valence-corrected chi connectivity index (χ0v) is 17.5. The number of anilines is 1. The molecule has 31 heavy (non-hydrogen) atoms. The molecule has 1 saturated heterocycles. The Kier molecular flexibility index (Phi) is 6.05. The Hall–Kier alpha value is -2.79. The molecule has 3 N–H and O–H groups in total. The van der Waals surface area contributed by atoms with E-state index in [0.29, 0.717) is 22.2 Å². The number of nitrogens with zero attached hydrogens (tertiary/aromatic N) is 3. The van der Waals surface area contributed by atoms with Crippen molar-refractivity contribution < 1.29 is 23.0 Å². The molecule has 1 fully saturated rings. The van der Waals surface area contributed by atoms with Crippen molar-refractivity contribution >= 4 is 28.5 Å². The van der Waals surface area contributed by atoms with Gasteiger partial charge in [0.1, 0.15) is 17.1 Å². The fraction of sp³-hybridized carbons (Fsp3) is 0.400. The number of thioether (sulfide) groups is 1. The average Bonchev–Trinajstić information content (AvgIpc) is 3.14. The number of aliphatic imine (C=N–C) groups is 1. The number of nitrogens with one attached hydrogen (secondary N) is 1. The maximum absolute atomic E-state index is 15.0. The number of amidine groups is 1. The predicted molar refractivity (Wildman–Crippen MR) is 112 cm³/mol. The molecular formula is C20H21F2N5O3S. The normalized spacial score (nSPS) is 24.9. The second kappa shape index (κ2) is 8.75. The summed E-state index contributed by atoms with van der Waals surface area (Å²) >= 11 is 1.44. The fourth-order valence-corrected chi connectivity index (χ4v) is 5.03. The first-order valence-electron chi connectivity index (χ1n) is 9.68. The van der Waals surface area contributed by atoms with Gasteiger partial charge < -0.3 is 20.5 Å². The number of fused-ring (bicyclic) bond motifs is 1. The number of nitrogens with two attached hydrogens (primary N) is 1. The molecule has 0 saturated carbocycles. The molecule has 0 radical (unpaired) electrons. The Morgan fingerprint density at radius 2 is 2.26 bits per heavy atom. The van der Waals surface area contributed by atoms with E-state index in [1.807, 2.05) is 6.92 Å². The summed E-state index contributed by atoms with van der Waals surface area (Å²) < 4.78 is 37.7. The summed E-state index contributed by atoms with van der Waals surface area (Å²) in [6.07, 6.45) is 3.04. The first kappa shape index (κ1) is 21.4. The zero-order valence-electron chi connectivity index (χ0n) is 16.7. The number of hydrogen-bond acceptors (Lipinski definition) is 8. The third-order valence-electron chi connectivity index (χ3n) is 5.46. The lowest BCUT2D eigenvalue weighted by molar-refractivity contribution is 0.0904. The van der Waals surface area contributed by atoms with Crippen LogP contribution in [0.25, 0.3) is 0 Å². The van der Waals surface area contributed by atoms with Crippen LogP contribution in [-0.2, 0) is 10.3 Å². The number of benzene rings is 1. The van der Waals surface area contributed by atoms with E-state index < -0.39 is 24.1 Å². The Balaban J connectivity index is 1.63. The van der Waals surface area contributed by atoms with E-state index in [-0.39, 0.29) is 30.2 Å². The van der Waals surface area contributed by atoms with Gasteiger partial charge in [0.15, 0.2) is 5.17 Å². The molecule has 2 aliphatic heterocycles. The number of rotatable bonds is 6. The highest BCUT2D eigenvalue weighted by Crippen LogP contribution is 2.49. The summed E-state index contributed by atoms with van der Waals surface area (Å²) in [6.45, 7) is 1.19. The van der Waals surface area contributed by atoms with Gasteiger partial charge in [-0.05, 0) is 24.6 Å². The first-order chi connectivity index (χ1) is 15.0. The zero-order chi connectivity index (χ0) is 22.0. The van der Waals surface area contributed by atoms with Crippen molar-refractivity contribution in [2.75, 3.05) is 24.5 Å². The minimum atomic E-state index is -1.05. The highest BCUT2D eigenvalue weighted by molar-refractivity contribution is 8.13. The number of halogens is 2. The second-order valence-corrected chi connectivity index (χ2v) is 8.23. The molecule has 164 valence electrons. The molecule has 2 aliphatic rings. The topological polar surface area (TPSA) is 112 Å². The van der Waals surface area contributed by atoms with Gasteiger partial charge >= 0.3 is 0 Å². The Labute approximate surface area is 181 Å². The predicted octanol–water partition coefficient (Wildman–Crippen LogP) is 2.86. The van der Waals surface area contributed by atoms with Gasteiger partial charge in [-0.2, -0.15) is 0 Å². The van der Waals surface area contributed by atoms with E-state index in [1.54, 1.807) is 6.07 Å². The summed E-state index contributed by atoms with van der Waals surface area (Å²) in [4.78, 5) is 24.9. The van der Waals surface area contributed by atoms with Crippen LogP contribution in [0.15, 0.2) is 35.6 Å². The summed E-state index contributed by atoms with van der Waals surface area (Å²) in [7, 11) is 0. The number of amides is 1. The lowest BCUT2D eigenvalue weighted by Gasteiger charge is -2.36. The highest BCUT2D eigenvalue weighted by atomic mass is 32.2. The average molecular weight is 449 g/mol. The molecule has 4 rings (SSSR count). The van der Waals surface area contributed by atoms with Crippen molar-refractivity contribution in [3.8, 4) is 5.88 Å². The third kappa shape index (κ3) is 4.07. The van der Waals surface area contributed by atoms with Gasteiger partial charge in [0, 0.05) is 22.9 Å². The number of hydrogen-bond donors (Lipinski definition) is 2.